The highest BCUT2D eigenvalue weighted by atomic mass is 32.8. The molecule has 0 fully saturated rings. The van der Waals surface area contributed by atoms with Crippen LogP contribution >= 0.6 is 8.38 Å². The summed E-state index contributed by atoms with van der Waals surface area (Å²) < 4.78 is 53.1. The minimum atomic E-state index is -3.46. The van der Waals surface area contributed by atoms with Gasteiger partial charge in [-0.25, -0.2) is 0 Å². The Kier molecular flexibility index (Phi) is 11.1. The Balaban J connectivity index is 7.24. The molecule has 0 aromatic rings. The van der Waals surface area contributed by atoms with E-state index in [4.69, 9.17) is 39.8 Å². The van der Waals surface area contributed by atoms with Gasteiger partial charge in [0.1, 0.15) is 0 Å². The highest BCUT2D eigenvalue weighted by Crippen LogP contribution is 2.70. The predicted molar refractivity (Wildman–Crippen MR) is 103 cm³/mol. The number of hydrogen-bond acceptors (Lipinski definition) is 9. The van der Waals surface area contributed by atoms with Crippen molar-refractivity contribution in [1.82, 2.24) is 0 Å². The van der Waals surface area contributed by atoms with Crippen molar-refractivity contribution in [3.63, 3.8) is 0 Å². The highest BCUT2D eigenvalue weighted by Gasteiger charge is 2.84. The molecule has 0 aromatic heterocycles. The lowest BCUT2D eigenvalue weighted by molar-refractivity contribution is 0.129. The SMILES string of the molecule is CCCS([Si](OC)(OC)OC)([Si](OC)(OC)OC)[Si](OC)(OC)OC. The maximum atomic E-state index is 5.90. The van der Waals surface area contributed by atoms with E-state index in [2.05, 4.69) is 0 Å². The lowest BCUT2D eigenvalue weighted by Crippen LogP contribution is -2.73. The normalized spacial score (nSPS) is 14.8. The van der Waals surface area contributed by atoms with Crippen LogP contribution in [0.5, 0.6) is 0 Å². The molecule has 0 rings (SSSR count). The van der Waals surface area contributed by atoms with E-state index >= 15 is 0 Å². The summed E-state index contributed by atoms with van der Waals surface area (Å²) >= 11 is 0. The minimum Gasteiger partial charge on any atom is -0.370 e. The van der Waals surface area contributed by atoms with E-state index in [1.54, 1.807) is 0 Å². The van der Waals surface area contributed by atoms with Gasteiger partial charge in [-0.1, -0.05) is 15.3 Å². The Morgan fingerprint density at radius 2 is 0.680 bits per heavy atom. The largest absolute Gasteiger partial charge is 0.558 e. The molecule has 13 heteroatoms. The van der Waals surface area contributed by atoms with E-state index in [1.165, 1.54) is 64.0 Å². The molecule has 0 saturated carbocycles. The fourth-order valence-corrected chi connectivity index (χ4v) is 45.8. The first-order valence-corrected chi connectivity index (χ1v) is 16.8. The Morgan fingerprint density at radius 3 is 0.800 bits per heavy atom. The van der Waals surface area contributed by atoms with Crippen LogP contribution in [0.25, 0.3) is 0 Å². The van der Waals surface area contributed by atoms with Crippen molar-refractivity contribution < 1.29 is 39.8 Å². The van der Waals surface area contributed by atoms with Gasteiger partial charge in [0.25, 0.3) is 0 Å². The molecule has 0 aliphatic heterocycles. The quantitative estimate of drug-likeness (QED) is 0.373. The van der Waals surface area contributed by atoms with Gasteiger partial charge >= 0.3 is 23.9 Å². The van der Waals surface area contributed by atoms with E-state index in [1.807, 2.05) is 6.92 Å². The monoisotopic (exact) mass is 438 g/mol. The predicted octanol–water partition coefficient (Wildman–Crippen LogP) is 1.33. The number of rotatable bonds is 14. The van der Waals surface area contributed by atoms with E-state index in [0.29, 0.717) is 5.75 Å². The average Bonchev–Trinajstić information content (AvgIpc) is 2.67. The first kappa shape index (κ1) is 25.6. The first-order valence-electron chi connectivity index (χ1n) is 7.62. The Hall–Kier alpha value is 0.641. The van der Waals surface area contributed by atoms with Gasteiger partial charge in [-0.2, -0.15) is 0 Å². The summed E-state index contributed by atoms with van der Waals surface area (Å²) in [5.74, 6) is 0.554. The standard InChI is InChI=1S/C12H34O9SSi3/c1-11-12-22(23(13-2,14-3)15-4,24(16-5,17-6)18-7)25(19-8,20-9)21-10/h11-12H2,1-10H3. The summed E-state index contributed by atoms with van der Waals surface area (Å²) in [6.45, 7) is 2.03. The maximum Gasteiger partial charge on any atom is 0.558 e. The van der Waals surface area contributed by atoms with Crippen molar-refractivity contribution in [3.8, 4) is 0 Å². The summed E-state index contributed by atoms with van der Waals surface area (Å²) in [6, 6.07) is 0. The lowest BCUT2D eigenvalue weighted by atomic mass is 10.6. The maximum absolute atomic E-state index is 5.90. The molecule has 0 aliphatic carbocycles. The van der Waals surface area contributed by atoms with Crippen LogP contribution in [0.2, 0.25) is 0 Å². The van der Waals surface area contributed by atoms with Gasteiger partial charge in [-0.05, 0) is 12.2 Å². The van der Waals surface area contributed by atoms with Crippen LogP contribution < -0.4 is 0 Å². The van der Waals surface area contributed by atoms with E-state index in [-0.39, 0.29) is 0 Å². The molecule has 0 spiro atoms. The van der Waals surface area contributed by atoms with Gasteiger partial charge < -0.3 is 39.8 Å². The van der Waals surface area contributed by atoms with Crippen LogP contribution in [0.3, 0.4) is 0 Å². The van der Waals surface area contributed by atoms with Gasteiger partial charge in [-0.3, -0.25) is 0 Å². The smallest absolute Gasteiger partial charge is 0.370 e. The van der Waals surface area contributed by atoms with E-state index in [9.17, 15) is 0 Å². The summed E-state index contributed by atoms with van der Waals surface area (Å²) in [7, 11) is 1.09. The molecule has 25 heavy (non-hydrogen) atoms. The molecule has 0 saturated heterocycles. The zero-order valence-electron chi connectivity index (χ0n) is 17.0. The van der Waals surface area contributed by atoms with Crippen LogP contribution in [0, 0.1) is 0 Å². The fourth-order valence-electron chi connectivity index (χ4n) is 3.17. The van der Waals surface area contributed by atoms with Crippen molar-refractivity contribution >= 4 is 32.2 Å². The first-order chi connectivity index (χ1) is 11.9. The van der Waals surface area contributed by atoms with Gasteiger partial charge in [0.05, 0.1) is 0 Å². The van der Waals surface area contributed by atoms with Crippen LogP contribution in [-0.2, 0) is 39.8 Å². The number of hydrogen-bond donors (Lipinski definition) is 0. The highest BCUT2D eigenvalue weighted by molar-refractivity contribution is 8.87. The molecule has 0 N–H and O–H groups in total. The second kappa shape index (κ2) is 10.8. The average molecular weight is 439 g/mol. The molecule has 154 valence electrons. The van der Waals surface area contributed by atoms with Crippen molar-refractivity contribution in [2.75, 3.05) is 69.7 Å². The van der Waals surface area contributed by atoms with Crippen molar-refractivity contribution in [2.24, 2.45) is 0 Å². The topological polar surface area (TPSA) is 83.1 Å². The molecular formula is C12H34O9SSi3. The van der Waals surface area contributed by atoms with Crippen molar-refractivity contribution in [1.29, 1.82) is 0 Å². The summed E-state index contributed by atoms with van der Waals surface area (Å²) in [5.41, 5.74) is 0. The summed E-state index contributed by atoms with van der Waals surface area (Å²) in [4.78, 5) is 0. The van der Waals surface area contributed by atoms with Crippen molar-refractivity contribution in [3.05, 3.63) is 0 Å². The third-order valence-corrected chi connectivity index (χ3v) is 39.6. The third kappa shape index (κ3) is 3.67. The second-order valence-electron chi connectivity index (χ2n) is 4.78. The van der Waals surface area contributed by atoms with Crippen LogP contribution in [0.15, 0.2) is 0 Å². The van der Waals surface area contributed by atoms with Crippen LogP contribution in [-0.4, -0.2) is 93.6 Å². The molecule has 9 nitrogen and oxygen atoms in total. The molecule has 0 aromatic carbocycles. The summed E-state index contributed by atoms with van der Waals surface area (Å²) in [5, 5.41) is 0. The van der Waals surface area contributed by atoms with Gasteiger partial charge in [-0.15, -0.1) is 0 Å². The molecule has 0 aliphatic rings. The van der Waals surface area contributed by atoms with Gasteiger partial charge in [0, 0.05) is 64.0 Å². The van der Waals surface area contributed by atoms with E-state index in [0.717, 1.165) is 6.42 Å². The molecule has 0 unspecified atom stereocenters. The Bertz CT molecular complexity index is 304. The van der Waals surface area contributed by atoms with Gasteiger partial charge in [0.15, 0.2) is 0 Å². The Labute approximate surface area is 155 Å². The van der Waals surface area contributed by atoms with Crippen molar-refractivity contribution in [2.45, 2.75) is 13.3 Å². The fraction of sp³-hybridized carbons (Fsp3) is 1.00. The molecular weight excluding hydrogens is 404 g/mol. The second-order valence-corrected chi connectivity index (χ2v) is 27.8. The molecule has 0 amide bonds. The minimum absolute atomic E-state index is 0.554. The van der Waals surface area contributed by atoms with E-state index < -0.39 is 32.2 Å². The molecule has 0 heterocycles. The molecule has 0 radical (unpaired) electrons. The van der Waals surface area contributed by atoms with Gasteiger partial charge in [0.2, 0.25) is 0 Å². The lowest BCUT2D eigenvalue weighted by Gasteiger charge is -2.57. The zero-order valence-corrected chi connectivity index (χ0v) is 20.8. The molecule has 0 atom stereocenters. The third-order valence-electron chi connectivity index (χ3n) is 4.04. The Morgan fingerprint density at radius 1 is 0.480 bits per heavy atom. The molecule has 0 bridgehead atoms. The van der Waals surface area contributed by atoms with Crippen LogP contribution in [0.1, 0.15) is 13.3 Å². The summed E-state index contributed by atoms with van der Waals surface area (Å²) in [6.07, 6.45) is 0.746. The zero-order chi connectivity index (χ0) is 19.8. The van der Waals surface area contributed by atoms with Crippen LogP contribution in [0.4, 0.5) is 0 Å².